The Kier molecular flexibility index (Phi) is 3.57. The maximum absolute atomic E-state index is 13.1. The second-order valence-corrected chi connectivity index (χ2v) is 6.54. The van der Waals surface area contributed by atoms with Crippen LogP contribution in [0.5, 0.6) is 0 Å². The molecule has 0 fully saturated rings. The lowest BCUT2D eigenvalue weighted by Crippen LogP contribution is -2.42. The lowest BCUT2D eigenvalue weighted by Gasteiger charge is -2.25. The van der Waals surface area contributed by atoms with Gasteiger partial charge in [0.15, 0.2) is 4.80 Å². The third-order valence-corrected chi connectivity index (χ3v) is 4.85. The van der Waals surface area contributed by atoms with Crippen molar-refractivity contribution in [1.29, 1.82) is 0 Å². The van der Waals surface area contributed by atoms with Gasteiger partial charge in [-0.1, -0.05) is 11.3 Å². The van der Waals surface area contributed by atoms with Gasteiger partial charge < -0.3 is 9.32 Å². The van der Waals surface area contributed by atoms with Crippen LogP contribution >= 0.6 is 11.3 Å². The molecule has 0 atom stereocenters. The highest BCUT2D eigenvalue weighted by Gasteiger charge is 2.16. The largest absolute Gasteiger partial charge is 0.462 e. The summed E-state index contributed by atoms with van der Waals surface area (Å²) in [6, 6.07) is 9.87. The summed E-state index contributed by atoms with van der Waals surface area (Å²) in [5.41, 5.74) is 0.732. The van der Waals surface area contributed by atoms with E-state index >= 15 is 0 Å². The highest BCUT2D eigenvalue weighted by Crippen LogP contribution is 2.16. The molecule has 0 unspecified atom stereocenters. The Morgan fingerprint density at radius 2 is 2.04 bits per heavy atom. The second kappa shape index (κ2) is 5.76. The van der Waals surface area contributed by atoms with Crippen molar-refractivity contribution >= 4 is 23.1 Å². The normalized spacial score (nSPS) is 14.6. The summed E-state index contributed by atoms with van der Waals surface area (Å²) in [6.45, 7) is 2.69. The Balaban J connectivity index is 1.71. The van der Waals surface area contributed by atoms with Crippen LogP contribution in [0.3, 0.4) is 0 Å². The van der Waals surface area contributed by atoms with Gasteiger partial charge in [0.2, 0.25) is 0 Å². The SMILES string of the molecule is Cc1ccc(/C=c2/sc3n(c2=O)CN(c2ccc(F)cc2)CN=3)o1. The van der Waals surface area contributed by atoms with E-state index < -0.39 is 0 Å². The van der Waals surface area contributed by atoms with E-state index in [4.69, 9.17) is 4.42 Å². The molecular weight excluding hydrogens is 329 g/mol. The van der Waals surface area contributed by atoms with E-state index in [-0.39, 0.29) is 11.4 Å². The molecule has 3 aromatic rings. The lowest BCUT2D eigenvalue weighted by molar-refractivity contribution is 0.524. The Bertz CT molecular complexity index is 1060. The van der Waals surface area contributed by atoms with Gasteiger partial charge in [-0.05, 0) is 43.3 Å². The standard InChI is InChI=1S/C17H14FN3O2S/c1-11-2-7-14(23-11)8-15-16(22)21-10-20(9-19-17(21)24-15)13-5-3-12(18)4-6-13/h2-8H,9-10H2,1H3/b15-8+. The minimum Gasteiger partial charge on any atom is -0.462 e. The summed E-state index contributed by atoms with van der Waals surface area (Å²) in [5.74, 6) is 1.17. The van der Waals surface area contributed by atoms with E-state index in [2.05, 4.69) is 4.99 Å². The van der Waals surface area contributed by atoms with Crippen molar-refractivity contribution in [2.45, 2.75) is 13.6 Å². The van der Waals surface area contributed by atoms with Gasteiger partial charge in [-0.15, -0.1) is 0 Å². The zero-order valence-corrected chi connectivity index (χ0v) is 13.7. The van der Waals surface area contributed by atoms with Crippen LogP contribution in [0.2, 0.25) is 0 Å². The molecule has 0 amide bonds. The number of aromatic nitrogens is 1. The molecule has 1 aliphatic heterocycles. The Hall–Kier alpha value is -2.67. The van der Waals surface area contributed by atoms with E-state index in [0.29, 0.717) is 28.4 Å². The van der Waals surface area contributed by atoms with Gasteiger partial charge in [-0.2, -0.15) is 0 Å². The number of anilines is 1. The van der Waals surface area contributed by atoms with Crippen molar-refractivity contribution in [1.82, 2.24) is 4.57 Å². The van der Waals surface area contributed by atoms with E-state index in [0.717, 1.165) is 11.4 Å². The first-order chi connectivity index (χ1) is 11.6. The maximum atomic E-state index is 13.1. The molecular formula is C17H14FN3O2S. The van der Waals surface area contributed by atoms with Crippen molar-refractivity contribution in [2.24, 2.45) is 4.99 Å². The highest BCUT2D eigenvalue weighted by molar-refractivity contribution is 7.07. The molecule has 2 aromatic heterocycles. The van der Waals surface area contributed by atoms with E-state index in [9.17, 15) is 9.18 Å². The van der Waals surface area contributed by atoms with Crippen LogP contribution in [0.1, 0.15) is 11.5 Å². The van der Waals surface area contributed by atoms with Gasteiger partial charge in [0.1, 0.15) is 30.7 Å². The maximum Gasteiger partial charge on any atom is 0.271 e. The van der Waals surface area contributed by atoms with E-state index in [1.165, 1.54) is 23.5 Å². The fraction of sp³-hybridized carbons (Fsp3) is 0.176. The monoisotopic (exact) mass is 343 g/mol. The number of aryl methyl sites for hydroxylation is 1. The van der Waals surface area contributed by atoms with Crippen LogP contribution < -0.4 is 19.8 Å². The molecule has 0 bridgehead atoms. The Morgan fingerprint density at radius 1 is 1.25 bits per heavy atom. The van der Waals surface area contributed by atoms with Crippen LogP contribution in [0.25, 0.3) is 6.08 Å². The van der Waals surface area contributed by atoms with Gasteiger partial charge in [0, 0.05) is 11.8 Å². The van der Waals surface area contributed by atoms with Crippen LogP contribution in [0.15, 0.2) is 50.6 Å². The number of nitrogens with zero attached hydrogens (tertiary/aromatic N) is 3. The molecule has 1 aromatic carbocycles. The van der Waals surface area contributed by atoms with Gasteiger partial charge >= 0.3 is 0 Å². The number of thiazole rings is 1. The molecule has 3 heterocycles. The summed E-state index contributed by atoms with van der Waals surface area (Å²) >= 11 is 1.35. The molecule has 0 saturated heterocycles. The quantitative estimate of drug-likeness (QED) is 0.713. The minimum absolute atomic E-state index is 0.0976. The molecule has 4 rings (SSSR count). The summed E-state index contributed by atoms with van der Waals surface area (Å²) in [5, 5.41) is 0. The molecule has 122 valence electrons. The molecule has 5 nitrogen and oxygen atoms in total. The van der Waals surface area contributed by atoms with Crippen molar-refractivity contribution in [3.8, 4) is 0 Å². The molecule has 24 heavy (non-hydrogen) atoms. The summed E-state index contributed by atoms with van der Waals surface area (Å²) in [6.07, 6.45) is 1.74. The number of halogens is 1. The van der Waals surface area contributed by atoms with Gasteiger partial charge in [-0.3, -0.25) is 9.36 Å². The zero-order chi connectivity index (χ0) is 16.7. The predicted octanol–water partition coefficient (Wildman–Crippen LogP) is 1.83. The third-order valence-electron chi connectivity index (χ3n) is 3.80. The Morgan fingerprint density at radius 3 is 2.75 bits per heavy atom. The molecule has 0 aliphatic carbocycles. The Labute approximate surface area is 140 Å². The molecule has 0 saturated carbocycles. The molecule has 0 N–H and O–H groups in total. The first kappa shape index (κ1) is 14.9. The number of fused-ring (bicyclic) bond motifs is 1. The number of rotatable bonds is 2. The van der Waals surface area contributed by atoms with Gasteiger partial charge in [-0.25, -0.2) is 9.38 Å². The first-order valence-corrected chi connectivity index (χ1v) is 8.24. The second-order valence-electron chi connectivity index (χ2n) is 5.53. The van der Waals surface area contributed by atoms with Crippen LogP contribution in [0, 0.1) is 12.7 Å². The van der Waals surface area contributed by atoms with Crippen molar-refractivity contribution in [3.05, 3.63) is 73.4 Å². The average molecular weight is 343 g/mol. The fourth-order valence-corrected chi connectivity index (χ4v) is 3.53. The average Bonchev–Trinajstić information content (AvgIpc) is 3.12. The smallest absolute Gasteiger partial charge is 0.271 e. The third kappa shape index (κ3) is 2.67. The van der Waals surface area contributed by atoms with Crippen molar-refractivity contribution in [2.75, 3.05) is 11.6 Å². The highest BCUT2D eigenvalue weighted by atomic mass is 32.1. The van der Waals surface area contributed by atoms with E-state index in [1.807, 2.05) is 24.0 Å². The van der Waals surface area contributed by atoms with Gasteiger partial charge in [0.25, 0.3) is 5.56 Å². The minimum atomic E-state index is -0.285. The fourth-order valence-electron chi connectivity index (χ4n) is 2.59. The van der Waals surface area contributed by atoms with Crippen LogP contribution in [-0.2, 0) is 6.67 Å². The van der Waals surface area contributed by atoms with E-state index in [1.54, 1.807) is 22.8 Å². The van der Waals surface area contributed by atoms with Crippen LogP contribution in [0.4, 0.5) is 10.1 Å². The van der Waals surface area contributed by atoms with Crippen molar-refractivity contribution < 1.29 is 8.81 Å². The number of benzene rings is 1. The number of furan rings is 1. The first-order valence-electron chi connectivity index (χ1n) is 7.43. The molecule has 0 radical (unpaired) electrons. The van der Waals surface area contributed by atoms with Crippen LogP contribution in [-0.4, -0.2) is 11.2 Å². The summed E-state index contributed by atoms with van der Waals surface area (Å²) < 4.78 is 20.8. The molecule has 0 spiro atoms. The summed E-state index contributed by atoms with van der Waals surface area (Å²) in [4.78, 5) is 19.7. The number of hydrogen-bond acceptors (Lipinski definition) is 5. The van der Waals surface area contributed by atoms with Crippen molar-refractivity contribution in [3.63, 3.8) is 0 Å². The van der Waals surface area contributed by atoms with Gasteiger partial charge in [0.05, 0.1) is 4.53 Å². The molecule has 1 aliphatic rings. The predicted molar refractivity (Wildman–Crippen MR) is 90.1 cm³/mol. The number of hydrogen-bond donors (Lipinski definition) is 0. The summed E-state index contributed by atoms with van der Waals surface area (Å²) in [7, 11) is 0. The molecule has 7 heteroatoms. The topological polar surface area (TPSA) is 50.7 Å². The zero-order valence-electron chi connectivity index (χ0n) is 12.9. The lowest BCUT2D eigenvalue weighted by atomic mass is 10.3.